The molecule has 1 aliphatic heterocycles. The first-order valence-electron chi connectivity index (χ1n) is 14.7. The highest BCUT2D eigenvalue weighted by atomic mass is 16.6. The van der Waals surface area contributed by atoms with E-state index in [9.17, 15) is 9.59 Å². The molecule has 1 saturated heterocycles. The molecule has 4 rings (SSSR count). The Hall–Kier alpha value is -3.52. The lowest BCUT2D eigenvalue weighted by atomic mass is 9.91. The predicted octanol–water partition coefficient (Wildman–Crippen LogP) is 6.47. The maximum absolute atomic E-state index is 14.2. The van der Waals surface area contributed by atoms with Crippen LogP contribution in [-0.4, -0.2) is 42.2 Å². The Kier molecular flexibility index (Phi) is 12.4. The summed E-state index contributed by atoms with van der Waals surface area (Å²) in [5, 5.41) is 0. The van der Waals surface area contributed by atoms with Crippen molar-refractivity contribution in [1.82, 2.24) is 10.4 Å². The molecule has 1 unspecified atom stereocenters. The summed E-state index contributed by atoms with van der Waals surface area (Å²) in [7, 11) is 0. The van der Waals surface area contributed by atoms with E-state index in [1.165, 1.54) is 4.90 Å². The zero-order chi connectivity index (χ0) is 28.7. The van der Waals surface area contributed by atoms with Crippen LogP contribution in [-0.2, 0) is 38.7 Å². The van der Waals surface area contributed by atoms with Crippen molar-refractivity contribution >= 4 is 12.0 Å². The molecule has 3 atom stereocenters. The molecule has 0 radical (unpaired) electrons. The Morgan fingerprint density at radius 2 is 1.49 bits per heavy atom. The molecule has 1 N–H and O–H groups in total. The average molecular weight is 559 g/mol. The van der Waals surface area contributed by atoms with Crippen molar-refractivity contribution < 1.29 is 23.9 Å². The van der Waals surface area contributed by atoms with Crippen molar-refractivity contribution in [3.8, 4) is 0 Å². The minimum atomic E-state index is -0.580. The quantitative estimate of drug-likeness (QED) is 0.151. The zero-order valence-corrected chi connectivity index (χ0v) is 24.0. The van der Waals surface area contributed by atoms with Gasteiger partial charge in [-0.25, -0.2) is 9.69 Å². The van der Waals surface area contributed by atoms with E-state index in [1.54, 1.807) is 0 Å². The van der Waals surface area contributed by atoms with Crippen LogP contribution >= 0.6 is 0 Å². The van der Waals surface area contributed by atoms with E-state index in [0.717, 1.165) is 42.4 Å². The largest absolute Gasteiger partial charge is 0.447 e. The van der Waals surface area contributed by atoms with Crippen LogP contribution in [0.3, 0.4) is 0 Å². The molecule has 0 aliphatic carbocycles. The van der Waals surface area contributed by atoms with Crippen LogP contribution in [0.5, 0.6) is 0 Å². The molecule has 1 fully saturated rings. The topological polar surface area (TPSA) is 77.1 Å². The van der Waals surface area contributed by atoms with Gasteiger partial charge < -0.3 is 9.47 Å². The molecule has 1 aliphatic rings. The third kappa shape index (κ3) is 9.52. The fraction of sp³-hybridized carbons (Fsp3) is 0.412. The lowest BCUT2D eigenvalue weighted by molar-refractivity contribution is -0.138. The number of hydrogen-bond acceptors (Lipinski definition) is 6. The van der Waals surface area contributed by atoms with Gasteiger partial charge in [0.25, 0.3) is 0 Å². The first-order chi connectivity index (χ1) is 20.2. The SMILES string of the molecule is CCCCCC[C@@H](C(=O)N1C(=O)OC[C@@H]1Cc1ccccc1)C(COCc1ccccc1)NOCc1ccccc1. The highest BCUT2D eigenvalue weighted by Gasteiger charge is 2.43. The Morgan fingerprint density at radius 3 is 2.12 bits per heavy atom. The second-order valence-corrected chi connectivity index (χ2v) is 10.6. The van der Waals surface area contributed by atoms with Gasteiger partial charge in [-0.2, -0.15) is 5.48 Å². The number of rotatable bonds is 17. The number of cyclic esters (lactones) is 1. The fourth-order valence-corrected chi connectivity index (χ4v) is 5.15. The van der Waals surface area contributed by atoms with Gasteiger partial charge in [-0.3, -0.25) is 9.63 Å². The molecule has 7 nitrogen and oxygen atoms in total. The Morgan fingerprint density at radius 1 is 0.878 bits per heavy atom. The second kappa shape index (κ2) is 16.7. The first kappa shape index (κ1) is 30.4. The highest BCUT2D eigenvalue weighted by molar-refractivity contribution is 5.95. The van der Waals surface area contributed by atoms with Gasteiger partial charge in [0.2, 0.25) is 5.91 Å². The lowest BCUT2D eigenvalue weighted by Crippen LogP contribution is -2.51. The molecule has 3 aromatic carbocycles. The van der Waals surface area contributed by atoms with Crippen molar-refractivity contribution in [2.24, 2.45) is 5.92 Å². The molecule has 0 spiro atoms. The van der Waals surface area contributed by atoms with Gasteiger partial charge in [-0.05, 0) is 29.5 Å². The van der Waals surface area contributed by atoms with Crippen LogP contribution in [0.15, 0.2) is 91.0 Å². The monoisotopic (exact) mass is 558 g/mol. The van der Waals surface area contributed by atoms with Crippen LogP contribution < -0.4 is 5.48 Å². The number of unbranched alkanes of at least 4 members (excludes halogenated alkanes) is 3. The van der Waals surface area contributed by atoms with Gasteiger partial charge in [0.1, 0.15) is 6.61 Å². The molecule has 0 bridgehead atoms. The summed E-state index contributed by atoms with van der Waals surface area (Å²) in [6.45, 7) is 3.36. The second-order valence-electron chi connectivity index (χ2n) is 10.6. The number of hydrogen-bond donors (Lipinski definition) is 1. The van der Waals surface area contributed by atoms with Crippen molar-refractivity contribution in [2.45, 2.75) is 70.7 Å². The summed E-state index contributed by atoms with van der Waals surface area (Å²) in [4.78, 5) is 34.4. The summed E-state index contributed by atoms with van der Waals surface area (Å²) >= 11 is 0. The Bertz CT molecular complexity index is 1130. The van der Waals surface area contributed by atoms with Crippen LogP contribution in [0.2, 0.25) is 0 Å². The Balaban J connectivity index is 1.51. The summed E-state index contributed by atoms with van der Waals surface area (Å²) in [5.41, 5.74) is 6.27. The van der Waals surface area contributed by atoms with Gasteiger partial charge in [0, 0.05) is 0 Å². The molecule has 218 valence electrons. The van der Waals surface area contributed by atoms with Gasteiger partial charge in [-0.15, -0.1) is 0 Å². The number of nitrogens with one attached hydrogen (secondary N) is 1. The van der Waals surface area contributed by atoms with Crippen molar-refractivity contribution in [3.05, 3.63) is 108 Å². The van der Waals surface area contributed by atoms with Crippen LogP contribution in [0.4, 0.5) is 4.79 Å². The first-order valence-corrected chi connectivity index (χ1v) is 14.7. The third-order valence-corrected chi connectivity index (χ3v) is 7.41. The van der Waals surface area contributed by atoms with Crippen LogP contribution in [0, 0.1) is 5.92 Å². The van der Waals surface area contributed by atoms with Crippen LogP contribution in [0.1, 0.15) is 55.7 Å². The number of hydroxylamine groups is 1. The maximum atomic E-state index is 14.2. The van der Waals surface area contributed by atoms with Crippen molar-refractivity contribution in [3.63, 3.8) is 0 Å². The van der Waals surface area contributed by atoms with Gasteiger partial charge >= 0.3 is 6.09 Å². The standard InChI is InChI=1S/C34H42N2O5/c1-2-3-4-14-21-31(33(37)36-30(25-40-34(36)38)22-27-15-8-5-9-16-27)32(26-39-23-28-17-10-6-11-18-28)35-41-24-29-19-12-7-13-20-29/h5-13,15-20,30-32,35H,2-4,14,21-26H2,1H3/t30-,31+,32?/m0/s1. The van der Waals surface area contributed by atoms with Crippen molar-refractivity contribution in [1.29, 1.82) is 0 Å². The summed E-state index contributed by atoms with van der Waals surface area (Å²) < 4.78 is 11.5. The van der Waals surface area contributed by atoms with Crippen LogP contribution in [0.25, 0.3) is 0 Å². The van der Waals surface area contributed by atoms with E-state index < -0.39 is 18.1 Å². The number of amides is 2. The highest BCUT2D eigenvalue weighted by Crippen LogP contribution is 2.25. The lowest BCUT2D eigenvalue weighted by Gasteiger charge is -2.31. The van der Waals surface area contributed by atoms with E-state index in [4.69, 9.17) is 14.3 Å². The van der Waals surface area contributed by atoms with E-state index in [2.05, 4.69) is 12.4 Å². The van der Waals surface area contributed by atoms with Gasteiger partial charge in [-0.1, -0.05) is 124 Å². The molecule has 2 amide bonds. The maximum Gasteiger partial charge on any atom is 0.416 e. The minimum absolute atomic E-state index is 0.190. The van der Waals surface area contributed by atoms with E-state index in [-0.39, 0.29) is 25.2 Å². The Labute approximate surface area is 243 Å². The number of carbonyl (C=O) groups is 2. The van der Waals surface area contributed by atoms with Gasteiger partial charge in [0.15, 0.2) is 0 Å². The van der Waals surface area contributed by atoms with Crippen molar-refractivity contribution in [2.75, 3.05) is 13.2 Å². The van der Waals surface area contributed by atoms with E-state index >= 15 is 0 Å². The van der Waals surface area contributed by atoms with Gasteiger partial charge in [0.05, 0.1) is 37.8 Å². The summed E-state index contributed by atoms with van der Waals surface area (Å²) in [6, 6.07) is 28.9. The summed E-state index contributed by atoms with van der Waals surface area (Å²) in [5.74, 6) is -0.767. The molecular weight excluding hydrogens is 516 g/mol. The van der Waals surface area contributed by atoms with E-state index in [0.29, 0.717) is 26.1 Å². The predicted molar refractivity (Wildman–Crippen MR) is 159 cm³/mol. The molecule has 41 heavy (non-hydrogen) atoms. The smallest absolute Gasteiger partial charge is 0.416 e. The van der Waals surface area contributed by atoms with E-state index in [1.807, 2.05) is 91.0 Å². The average Bonchev–Trinajstić information content (AvgIpc) is 3.37. The molecule has 1 heterocycles. The molecular formula is C34H42N2O5. The number of benzene rings is 3. The fourth-order valence-electron chi connectivity index (χ4n) is 5.15. The number of ether oxygens (including phenoxy) is 2. The molecule has 0 saturated carbocycles. The minimum Gasteiger partial charge on any atom is -0.447 e. The zero-order valence-electron chi connectivity index (χ0n) is 24.0. The molecule has 3 aromatic rings. The number of nitrogens with zero attached hydrogens (tertiary/aromatic N) is 1. The number of imide groups is 1. The normalized spacial score (nSPS) is 16.4. The molecule has 7 heteroatoms. The third-order valence-electron chi connectivity index (χ3n) is 7.41. The molecule has 0 aromatic heterocycles. The number of carbonyl (C=O) groups excluding carboxylic acids is 2. The summed E-state index contributed by atoms with van der Waals surface area (Å²) in [6.07, 6.45) is 4.65.